The Hall–Kier alpha value is -1.32. The van der Waals surface area contributed by atoms with Gasteiger partial charge in [-0.15, -0.1) is 0 Å². The van der Waals surface area contributed by atoms with E-state index in [1.54, 1.807) is 0 Å². The standard InChI is InChI=1S/C13H16N2O/c14-8-13(16,9-4-5-9)11-2-1-3-12-10(11)6-7-15-12/h1-3,6-7,9,15-16H,4-5,8,14H2. The zero-order valence-electron chi connectivity index (χ0n) is 9.11. The van der Waals surface area contributed by atoms with Crippen molar-refractivity contribution in [1.29, 1.82) is 0 Å². The Morgan fingerprint density at radius 1 is 1.38 bits per heavy atom. The average molecular weight is 216 g/mol. The molecule has 1 unspecified atom stereocenters. The largest absolute Gasteiger partial charge is 0.384 e. The van der Waals surface area contributed by atoms with Gasteiger partial charge in [-0.25, -0.2) is 0 Å². The number of hydrogen-bond acceptors (Lipinski definition) is 2. The van der Waals surface area contributed by atoms with Crippen LogP contribution in [0.2, 0.25) is 0 Å². The van der Waals surface area contributed by atoms with Gasteiger partial charge in [0.15, 0.2) is 0 Å². The fourth-order valence-corrected chi connectivity index (χ4v) is 2.52. The second-order valence-corrected chi connectivity index (χ2v) is 4.65. The zero-order chi connectivity index (χ0) is 11.2. The molecule has 2 aromatic rings. The maximum Gasteiger partial charge on any atom is 0.105 e. The van der Waals surface area contributed by atoms with Crippen molar-refractivity contribution in [3.63, 3.8) is 0 Å². The van der Waals surface area contributed by atoms with E-state index in [-0.39, 0.29) is 0 Å². The molecule has 0 amide bonds. The Labute approximate surface area is 94.3 Å². The average Bonchev–Trinajstić information content (AvgIpc) is 3.06. The van der Waals surface area contributed by atoms with Gasteiger partial charge in [0.05, 0.1) is 0 Å². The van der Waals surface area contributed by atoms with Gasteiger partial charge >= 0.3 is 0 Å². The smallest absolute Gasteiger partial charge is 0.105 e. The molecule has 84 valence electrons. The number of aromatic nitrogens is 1. The number of aliphatic hydroxyl groups is 1. The molecule has 0 radical (unpaired) electrons. The Morgan fingerprint density at radius 3 is 2.88 bits per heavy atom. The molecule has 1 heterocycles. The van der Waals surface area contributed by atoms with Crippen LogP contribution < -0.4 is 5.73 Å². The summed E-state index contributed by atoms with van der Waals surface area (Å²) in [6, 6.07) is 7.98. The molecule has 1 aliphatic rings. The van der Waals surface area contributed by atoms with Gasteiger partial charge in [-0.3, -0.25) is 0 Å². The van der Waals surface area contributed by atoms with E-state index in [2.05, 4.69) is 4.98 Å². The van der Waals surface area contributed by atoms with Crippen LogP contribution in [-0.2, 0) is 5.60 Å². The van der Waals surface area contributed by atoms with E-state index in [4.69, 9.17) is 5.73 Å². The minimum Gasteiger partial charge on any atom is -0.384 e. The summed E-state index contributed by atoms with van der Waals surface area (Å²) in [5, 5.41) is 11.8. The fourth-order valence-electron chi connectivity index (χ4n) is 2.52. The number of fused-ring (bicyclic) bond motifs is 1. The lowest BCUT2D eigenvalue weighted by molar-refractivity contribution is 0.0237. The maximum atomic E-state index is 10.7. The quantitative estimate of drug-likeness (QED) is 0.731. The summed E-state index contributed by atoms with van der Waals surface area (Å²) in [6.07, 6.45) is 4.06. The Morgan fingerprint density at radius 2 is 2.19 bits per heavy atom. The summed E-state index contributed by atoms with van der Waals surface area (Å²) < 4.78 is 0. The van der Waals surface area contributed by atoms with E-state index in [1.807, 2.05) is 30.5 Å². The van der Waals surface area contributed by atoms with E-state index < -0.39 is 5.60 Å². The molecule has 3 heteroatoms. The lowest BCUT2D eigenvalue weighted by Crippen LogP contribution is -2.37. The number of nitrogens with one attached hydrogen (secondary N) is 1. The number of aromatic amines is 1. The van der Waals surface area contributed by atoms with Crippen LogP contribution in [0.3, 0.4) is 0 Å². The number of hydrogen-bond donors (Lipinski definition) is 3. The second kappa shape index (κ2) is 3.34. The van der Waals surface area contributed by atoms with Gasteiger partial charge in [0.1, 0.15) is 5.60 Å². The molecule has 1 saturated carbocycles. The first-order valence-corrected chi connectivity index (χ1v) is 5.75. The summed E-state index contributed by atoms with van der Waals surface area (Å²) in [4.78, 5) is 3.16. The van der Waals surface area contributed by atoms with Gasteiger partial charge in [0, 0.05) is 23.6 Å². The molecule has 1 aliphatic carbocycles. The second-order valence-electron chi connectivity index (χ2n) is 4.65. The molecule has 3 nitrogen and oxygen atoms in total. The molecule has 0 bridgehead atoms. The summed E-state index contributed by atoms with van der Waals surface area (Å²) in [7, 11) is 0. The molecule has 1 aromatic carbocycles. The normalized spacial score (nSPS) is 19.9. The van der Waals surface area contributed by atoms with Crippen molar-refractivity contribution in [2.45, 2.75) is 18.4 Å². The van der Waals surface area contributed by atoms with Gasteiger partial charge in [0.25, 0.3) is 0 Å². The van der Waals surface area contributed by atoms with Crippen LogP contribution in [0, 0.1) is 5.92 Å². The molecule has 0 spiro atoms. The first-order valence-electron chi connectivity index (χ1n) is 5.75. The molecule has 1 fully saturated rings. The molecule has 1 aromatic heterocycles. The maximum absolute atomic E-state index is 10.7. The third-order valence-electron chi connectivity index (χ3n) is 3.63. The highest BCUT2D eigenvalue weighted by Crippen LogP contribution is 2.46. The van der Waals surface area contributed by atoms with E-state index in [1.165, 1.54) is 0 Å². The van der Waals surface area contributed by atoms with Crippen molar-refractivity contribution in [3.05, 3.63) is 36.0 Å². The third-order valence-corrected chi connectivity index (χ3v) is 3.63. The van der Waals surface area contributed by atoms with Crippen molar-refractivity contribution in [2.75, 3.05) is 6.54 Å². The highest BCUT2D eigenvalue weighted by Gasteiger charge is 2.44. The Kier molecular flexibility index (Phi) is 2.06. The van der Waals surface area contributed by atoms with Crippen LogP contribution in [-0.4, -0.2) is 16.6 Å². The Balaban J connectivity index is 2.19. The van der Waals surface area contributed by atoms with Crippen LogP contribution in [0.15, 0.2) is 30.5 Å². The topological polar surface area (TPSA) is 62.0 Å². The zero-order valence-corrected chi connectivity index (χ0v) is 9.11. The van der Waals surface area contributed by atoms with E-state index in [0.29, 0.717) is 12.5 Å². The number of nitrogens with two attached hydrogens (primary N) is 1. The van der Waals surface area contributed by atoms with Gasteiger partial charge in [-0.2, -0.15) is 0 Å². The molecule has 1 atom stereocenters. The van der Waals surface area contributed by atoms with Gasteiger partial charge < -0.3 is 15.8 Å². The monoisotopic (exact) mass is 216 g/mol. The van der Waals surface area contributed by atoms with Crippen LogP contribution in [0.4, 0.5) is 0 Å². The number of benzene rings is 1. The van der Waals surface area contributed by atoms with Gasteiger partial charge in [0.2, 0.25) is 0 Å². The van der Waals surface area contributed by atoms with E-state index in [0.717, 1.165) is 29.3 Å². The molecular weight excluding hydrogens is 200 g/mol. The fraction of sp³-hybridized carbons (Fsp3) is 0.385. The molecule has 0 aliphatic heterocycles. The van der Waals surface area contributed by atoms with Crippen LogP contribution in [0.1, 0.15) is 18.4 Å². The summed E-state index contributed by atoms with van der Waals surface area (Å²) in [5.74, 6) is 0.331. The van der Waals surface area contributed by atoms with Crippen molar-refractivity contribution >= 4 is 10.9 Å². The first-order chi connectivity index (χ1) is 7.75. The van der Waals surface area contributed by atoms with Crippen LogP contribution in [0.5, 0.6) is 0 Å². The predicted molar refractivity (Wildman–Crippen MR) is 64.0 cm³/mol. The molecule has 0 saturated heterocycles. The molecular formula is C13H16N2O. The van der Waals surface area contributed by atoms with Crippen molar-refractivity contribution < 1.29 is 5.11 Å². The SMILES string of the molecule is NCC(O)(c1cccc2[nH]ccc12)C1CC1. The minimum absolute atomic E-state index is 0.294. The highest BCUT2D eigenvalue weighted by atomic mass is 16.3. The van der Waals surface area contributed by atoms with Crippen LogP contribution >= 0.6 is 0 Å². The molecule has 16 heavy (non-hydrogen) atoms. The number of H-pyrrole nitrogens is 1. The van der Waals surface area contributed by atoms with Crippen molar-refractivity contribution in [1.82, 2.24) is 4.98 Å². The molecule has 4 N–H and O–H groups in total. The van der Waals surface area contributed by atoms with Gasteiger partial charge in [-0.05, 0) is 36.5 Å². The first kappa shape index (κ1) is 9.87. The number of rotatable bonds is 3. The summed E-state index contributed by atoms with van der Waals surface area (Å²) >= 11 is 0. The lowest BCUT2D eigenvalue weighted by Gasteiger charge is -2.27. The van der Waals surface area contributed by atoms with E-state index in [9.17, 15) is 5.11 Å². The summed E-state index contributed by atoms with van der Waals surface area (Å²) in [5.41, 5.74) is 6.96. The minimum atomic E-state index is -0.846. The van der Waals surface area contributed by atoms with Crippen molar-refractivity contribution in [2.24, 2.45) is 11.7 Å². The predicted octanol–water partition coefficient (Wildman–Crippen LogP) is 1.72. The van der Waals surface area contributed by atoms with E-state index >= 15 is 0 Å². The Bertz CT molecular complexity index is 515. The third kappa shape index (κ3) is 1.29. The highest BCUT2D eigenvalue weighted by molar-refractivity contribution is 5.83. The molecule has 3 rings (SSSR count). The van der Waals surface area contributed by atoms with Gasteiger partial charge in [-0.1, -0.05) is 12.1 Å². The van der Waals surface area contributed by atoms with Crippen molar-refractivity contribution in [3.8, 4) is 0 Å². The lowest BCUT2D eigenvalue weighted by atomic mass is 9.87. The van der Waals surface area contributed by atoms with Crippen LogP contribution in [0.25, 0.3) is 10.9 Å². The summed E-state index contributed by atoms with van der Waals surface area (Å²) in [6.45, 7) is 0.294.